The minimum atomic E-state index is 0.670. The topological polar surface area (TPSA) is 35.1 Å². The Bertz CT molecular complexity index is 3040. The molecular weight excluding hydrogens is 585 g/mol. The maximum absolute atomic E-state index is 5.41. The van der Waals surface area contributed by atoms with Crippen LogP contribution in [0.15, 0.2) is 158 Å². The van der Waals surface area contributed by atoms with Crippen LogP contribution in [0.5, 0.6) is 0 Å². The summed E-state index contributed by atoms with van der Waals surface area (Å²) in [5.74, 6) is 0.670. The Balaban J connectivity index is 1.26. The molecule has 0 unspecified atom stereocenters. The third-order valence-corrected chi connectivity index (χ3v) is 10.1. The number of benzene rings is 7. The van der Waals surface area contributed by atoms with Crippen molar-refractivity contribution in [2.75, 3.05) is 0 Å². The zero-order chi connectivity index (χ0) is 31.3. The van der Waals surface area contributed by atoms with E-state index in [1.807, 2.05) is 0 Å². The normalized spacial score (nSPS) is 12.2. The van der Waals surface area contributed by atoms with Gasteiger partial charge in [-0.15, -0.1) is 0 Å². The summed E-state index contributed by atoms with van der Waals surface area (Å²) < 4.78 is 4.73. The highest BCUT2D eigenvalue weighted by Gasteiger charge is 2.25. The maximum atomic E-state index is 5.41. The molecule has 0 N–H and O–H groups in total. The van der Waals surface area contributed by atoms with Gasteiger partial charge < -0.3 is 4.40 Å². The van der Waals surface area contributed by atoms with Crippen molar-refractivity contribution in [3.63, 3.8) is 0 Å². The second-order valence-corrected chi connectivity index (χ2v) is 12.6. The number of nitrogens with zero attached hydrogens (tertiary/aromatic N) is 4. The molecule has 0 bridgehead atoms. The minimum absolute atomic E-state index is 0.670. The van der Waals surface area contributed by atoms with Gasteiger partial charge >= 0.3 is 0 Å². The largest absolute Gasteiger partial charge is 0.308 e. The van der Waals surface area contributed by atoms with Gasteiger partial charge in [-0.25, -0.2) is 9.97 Å². The van der Waals surface area contributed by atoms with Crippen molar-refractivity contribution in [2.24, 2.45) is 0 Å². The molecule has 0 saturated carbocycles. The smallest absolute Gasteiger partial charge is 0.235 e. The lowest BCUT2D eigenvalue weighted by molar-refractivity contribution is 1.01. The fraction of sp³-hybridized carbons (Fsp3) is 0. The Labute approximate surface area is 275 Å². The molecule has 0 fully saturated rings. The van der Waals surface area contributed by atoms with E-state index in [2.05, 4.69) is 167 Å². The molecule has 7 aromatic carbocycles. The Morgan fingerprint density at radius 1 is 0.375 bits per heavy atom. The van der Waals surface area contributed by atoms with E-state index in [0.29, 0.717) is 5.95 Å². The van der Waals surface area contributed by atoms with Crippen molar-refractivity contribution in [3.8, 4) is 28.3 Å². The summed E-state index contributed by atoms with van der Waals surface area (Å²) in [5, 5.41) is 8.50. The number of hydrogen-bond acceptors (Lipinski definition) is 2. The lowest BCUT2D eigenvalue weighted by atomic mass is 10.0. The average Bonchev–Trinajstić information content (AvgIpc) is 3.79. The average molecular weight is 611 g/mol. The van der Waals surface area contributed by atoms with Crippen LogP contribution < -0.4 is 0 Å². The molecule has 4 nitrogen and oxygen atoms in total. The Kier molecular flexibility index (Phi) is 5.08. The molecule has 222 valence electrons. The van der Waals surface area contributed by atoms with Crippen LogP contribution in [-0.4, -0.2) is 18.9 Å². The first-order chi connectivity index (χ1) is 23.8. The summed E-state index contributed by atoms with van der Waals surface area (Å²) in [6, 6.07) is 56.2. The molecular formula is C44H26N4. The van der Waals surface area contributed by atoms with Crippen LogP contribution in [0.1, 0.15) is 0 Å². The highest BCUT2D eigenvalue weighted by atomic mass is 15.2. The second kappa shape index (κ2) is 9.50. The van der Waals surface area contributed by atoms with Crippen molar-refractivity contribution in [2.45, 2.75) is 0 Å². The summed E-state index contributed by atoms with van der Waals surface area (Å²) in [7, 11) is 0. The first-order valence-corrected chi connectivity index (χ1v) is 16.4. The molecule has 4 heterocycles. The molecule has 4 aromatic heterocycles. The van der Waals surface area contributed by atoms with E-state index in [1.54, 1.807) is 0 Å². The van der Waals surface area contributed by atoms with Crippen LogP contribution in [0.2, 0.25) is 0 Å². The van der Waals surface area contributed by atoms with E-state index < -0.39 is 0 Å². The summed E-state index contributed by atoms with van der Waals surface area (Å²) in [5.41, 5.74) is 11.2. The van der Waals surface area contributed by atoms with Crippen LogP contribution >= 0.6 is 0 Å². The van der Waals surface area contributed by atoms with Gasteiger partial charge in [-0.1, -0.05) is 127 Å². The molecule has 11 aromatic rings. The third-order valence-electron chi connectivity index (χ3n) is 10.1. The lowest BCUT2D eigenvalue weighted by Crippen LogP contribution is -2.03. The molecule has 0 aliphatic heterocycles. The van der Waals surface area contributed by atoms with Crippen molar-refractivity contribution >= 4 is 70.8 Å². The number of fused-ring (bicyclic) bond motifs is 11. The first kappa shape index (κ1) is 25.6. The van der Waals surface area contributed by atoms with Crippen LogP contribution in [0.4, 0.5) is 0 Å². The van der Waals surface area contributed by atoms with Crippen molar-refractivity contribution < 1.29 is 0 Å². The van der Waals surface area contributed by atoms with Gasteiger partial charge in [0.2, 0.25) is 5.95 Å². The zero-order valence-corrected chi connectivity index (χ0v) is 25.8. The fourth-order valence-corrected chi connectivity index (χ4v) is 8.02. The highest BCUT2D eigenvalue weighted by molar-refractivity contribution is 6.35. The first-order valence-electron chi connectivity index (χ1n) is 16.4. The van der Waals surface area contributed by atoms with Gasteiger partial charge in [0.15, 0.2) is 0 Å². The predicted octanol–water partition coefficient (Wildman–Crippen LogP) is 11.2. The summed E-state index contributed by atoms with van der Waals surface area (Å²) in [6.07, 6.45) is 0. The number of aromatic nitrogens is 4. The van der Waals surface area contributed by atoms with E-state index in [1.165, 1.54) is 60.0 Å². The van der Waals surface area contributed by atoms with Gasteiger partial charge in [-0.2, -0.15) is 0 Å². The number of rotatable bonds is 3. The standard InChI is InChI=1S/C44H26N4/c1-2-12-27(13-3-1)28-22-24-29(25-23-28)42-31-15-4-8-18-35(31)45-44(46-42)48-38-21-11-6-16-32(38)40-39(48)26-34-30-14-5-9-19-36(30)47-37-20-10-7-17-33(37)41(40)43(34)47/h1-26H. The molecule has 0 saturated heterocycles. The van der Waals surface area contributed by atoms with E-state index in [-0.39, 0.29) is 0 Å². The van der Waals surface area contributed by atoms with E-state index in [9.17, 15) is 0 Å². The van der Waals surface area contributed by atoms with Gasteiger partial charge in [0.25, 0.3) is 0 Å². The van der Waals surface area contributed by atoms with Crippen LogP contribution in [0.25, 0.3) is 99.1 Å². The quantitative estimate of drug-likeness (QED) is 0.199. The molecule has 4 heteroatoms. The number of para-hydroxylation sites is 4. The predicted molar refractivity (Wildman–Crippen MR) is 199 cm³/mol. The van der Waals surface area contributed by atoms with Crippen molar-refractivity contribution in [1.29, 1.82) is 0 Å². The molecule has 0 spiro atoms. The molecule has 0 radical (unpaired) electrons. The molecule has 0 aliphatic rings. The third kappa shape index (κ3) is 3.38. The van der Waals surface area contributed by atoms with Gasteiger partial charge in [-0.05, 0) is 41.5 Å². The number of hydrogen-bond donors (Lipinski definition) is 0. The lowest BCUT2D eigenvalue weighted by Gasteiger charge is -2.12. The second-order valence-electron chi connectivity index (χ2n) is 12.6. The summed E-state index contributed by atoms with van der Waals surface area (Å²) >= 11 is 0. The zero-order valence-electron chi connectivity index (χ0n) is 25.8. The van der Waals surface area contributed by atoms with E-state index in [0.717, 1.165) is 33.2 Å². The van der Waals surface area contributed by atoms with E-state index in [4.69, 9.17) is 9.97 Å². The summed E-state index contributed by atoms with van der Waals surface area (Å²) in [4.78, 5) is 10.7. The molecule has 0 aliphatic carbocycles. The Morgan fingerprint density at radius 2 is 0.938 bits per heavy atom. The van der Waals surface area contributed by atoms with Gasteiger partial charge in [0.05, 0.1) is 38.8 Å². The molecule has 11 rings (SSSR count). The summed E-state index contributed by atoms with van der Waals surface area (Å²) in [6.45, 7) is 0. The SMILES string of the molecule is c1ccc(-c2ccc(-c3nc(-n4c5ccccc5c5c6c7ccccc7n7c8ccccc8c(cc54)c67)nc4ccccc34)cc2)cc1. The van der Waals surface area contributed by atoms with Gasteiger partial charge in [0.1, 0.15) is 0 Å². The molecule has 48 heavy (non-hydrogen) atoms. The van der Waals surface area contributed by atoms with Crippen LogP contribution in [0, 0.1) is 0 Å². The van der Waals surface area contributed by atoms with Crippen molar-refractivity contribution in [3.05, 3.63) is 158 Å². The van der Waals surface area contributed by atoms with Gasteiger partial charge in [-0.3, -0.25) is 4.57 Å². The monoisotopic (exact) mass is 610 g/mol. The van der Waals surface area contributed by atoms with Crippen LogP contribution in [0.3, 0.4) is 0 Å². The maximum Gasteiger partial charge on any atom is 0.235 e. The Morgan fingerprint density at radius 3 is 1.71 bits per heavy atom. The highest BCUT2D eigenvalue weighted by Crippen LogP contribution is 2.46. The van der Waals surface area contributed by atoms with Gasteiger partial charge in [0, 0.05) is 43.3 Å². The van der Waals surface area contributed by atoms with E-state index >= 15 is 0 Å². The van der Waals surface area contributed by atoms with Crippen LogP contribution in [-0.2, 0) is 0 Å². The Hall–Kier alpha value is -6.52. The molecule has 0 amide bonds. The fourth-order valence-electron chi connectivity index (χ4n) is 8.02. The van der Waals surface area contributed by atoms with Crippen molar-refractivity contribution in [1.82, 2.24) is 18.9 Å². The minimum Gasteiger partial charge on any atom is -0.308 e. The molecule has 0 atom stereocenters.